The van der Waals surface area contributed by atoms with Gasteiger partial charge in [-0.1, -0.05) is 11.2 Å². The van der Waals surface area contributed by atoms with Crippen molar-refractivity contribution in [3.05, 3.63) is 41.8 Å². The highest BCUT2D eigenvalue weighted by Gasteiger charge is 2.27. The van der Waals surface area contributed by atoms with E-state index in [1.807, 2.05) is 30.2 Å². The van der Waals surface area contributed by atoms with Crippen LogP contribution in [-0.2, 0) is 11.2 Å². The molecule has 6 heteroatoms. The summed E-state index contributed by atoms with van der Waals surface area (Å²) < 4.78 is 5.25. The smallest absolute Gasteiger partial charge is 0.231 e. The number of carbonyl (C=O) groups is 1. The molecule has 116 valence electrons. The maximum atomic E-state index is 12.4. The van der Waals surface area contributed by atoms with E-state index in [-0.39, 0.29) is 11.8 Å². The van der Waals surface area contributed by atoms with Crippen LogP contribution in [0.15, 0.2) is 29.0 Å². The summed E-state index contributed by atoms with van der Waals surface area (Å²) in [6.07, 6.45) is 6.77. The first-order valence-corrected chi connectivity index (χ1v) is 7.69. The molecule has 1 amide bonds. The molecular weight excluding hydrogens is 280 g/mol. The Morgan fingerprint density at radius 3 is 3.14 bits per heavy atom. The molecule has 6 nitrogen and oxygen atoms in total. The van der Waals surface area contributed by atoms with Crippen molar-refractivity contribution in [2.75, 3.05) is 13.1 Å². The van der Waals surface area contributed by atoms with E-state index in [1.165, 1.54) is 0 Å². The van der Waals surface area contributed by atoms with Gasteiger partial charge in [-0.25, -0.2) is 0 Å². The number of nitrogens with zero attached hydrogens (tertiary/aromatic N) is 4. The Morgan fingerprint density at radius 1 is 1.50 bits per heavy atom. The van der Waals surface area contributed by atoms with Crippen LogP contribution < -0.4 is 0 Å². The third-order valence-corrected chi connectivity index (χ3v) is 4.02. The number of carbonyl (C=O) groups excluding carboxylic acids is 1. The Kier molecular flexibility index (Phi) is 4.46. The molecule has 3 rings (SSSR count). The minimum atomic E-state index is 0.164. The first-order chi connectivity index (χ1) is 10.7. The van der Waals surface area contributed by atoms with E-state index >= 15 is 0 Å². The highest BCUT2D eigenvalue weighted by Crippen LogP contribution is 2.26. The number of hydrogen-bond donors (Lipinski definition) is 0. The molecule has 0 unspecified atom stereocenters. The number of likely N-dealkylation sites (tertiary alicyclic amines) is 1. The SMILES string of the molecule is Cc1noc([C@H]2CCCN(C(=O)CCc3cccnc3)C2)n1. The quantitative estimate of drug-likeness (QED) is 0.864. The fourth-order valence-corrected chi connectivity index (χ4v) is 2.84. The second-order valence-corrected chi connectivity index (χ2v) is 5.72. The third-order valence-electron chi connectivity index (χ3n) is 4.02. The van der Waals surface area contributed by atoms with Gasteiger partial charge in [-0.3, -0.25) is 9.78 Å². The molecule has 1 aliphatic rings. The van der Waals surface area contributed by atoms with Gasteiger partial charge in [0, 0.05) is 31.9 Å². The van der Waals surface area contributed by atoms with Crippen LogP contribution in [0.3, 0.4) is 0 Å². The summed E-state index contributed by atoms with van der Waals surface area (Å²) in [6.45, 7) is 3.30. The monoisotopic (exact) mass is 300 g/mol. The first kappa shape index (κ1) is 14.7. The summed E-state index contributed by atoms with van der Waals surface area (Å²) in [5.74, 6) is 1.65. The second-order valence-electron chi connectivity index (χ2n) is 5.72. The van der Waals surface area contributed by atoms with Crippen molar-refractivity contribution in [2.45, 2.75) is 38.5 Å². The molecule has 1 fully saturated rings. The maximum absolute atomic E-state index is 12.4. The van der Waals surface area contributed by atoms with Gasteiger partial charge in [0.05, 0.1) is 5.92 Å². The van der Waals surface area contributed by atoms with Crippen LogP contribution in [0.1, 0.15) is 42.5 Å². The van der Waals surface area contributed by atoms with Crippen LogP contribution in [0.4, 0.5) is 0 Å². The highest BCUT2D eigenvalue weighted by atomic mass is 16.5. The number of amides is 1. The molecule has 0 N–H and O–H groups in total. The Balaban J connectivity index is 1.56. The van der Waals surface area contributed by atoms with Gasteiger partial charge in [0.1, 0.15) is 0 Å². The van der Waals surface area contributed by atoms with E-state index in [4.69, 9.17) is 4.52 Å². The van der Waals surface area contributed by atoms with Crippen molar-refractivity contribution in [3.63, 3.8) is 0 Å². The lowest BCUT2D eigenvalue weighted by atomic mass is 9.97. The Hall–Kier alpha value is -2.24. The van der Waals surface area contributed by atoms with Crippen molar-refractivity contribution in [2.24, 2.45) is 0 Å². The summed E-state index contributed by atoms with van der Waals surface area (Å²) in [5, 5.41) is 3.84. The number of rotatable bonds is 4. The number of hydrogen-bond acceptors (Lipinski definition) is 5. The molecule has 1 saturated heterocycles. The van der Waals surface area contributed by atoms with Crippen LogP contribution in [0.25, 0.3) is 0 Å². The molecule has 1 aliphatic heterocycles. The molecule has 0 saturated carbocycles. The highest BCUT2D eigenvalue weighted by molar-refractivity contribution is 5.76. The zero-order valence-corrected chi connectivity index (χ0v) is 12.7. The van der Waals surface area contributed by atoms with Crippen molar-refractivity contribution in [1.29, 1.82) is 0 Å². The summed E-state index contributed by atoms with van der Waals surface area (Å²) in [7, 11) is 0. The van der Waals surface area contributed by atoms with Crippen molar-refractivity contribution in [1.82, 2.24) is 20.0 Å². The van der Waals surface area contributed by atoms with E-state index in [0.717, 1.165) is 31.4 Å². The van der Waals surface area contributed by atoms with Crippen LogP contribution in [0, 0.1) is 6.92 Å². The first-order valence-electron chi connectivity index (χ1n) is 7.69. The van der Waals surface area contributed by atoms with E-state index in [1.54, 1.807) is 6.20 Å². The molecule has 1 atom stereocenters. The van der Waals surface area contributed by atoms with Crippen LogP contribution in [-0.4, -0.2) is 39.0 Å². The van der Waals surface area contributed by atoms with Gasteiger partial charge in [0.25, 0.3) is 0 Å². The fraction of sp³-hybridized carbons (Fsp3) is 0.500. The summed E-state index contributed by atoms with van der Waals surface area (Å²) in [5.41, 5.74) is 1.09. The zero-order valence-electron chi connectivity index (χ0n) is 12.7. The van der Waals surface area contributed by atoms with Gasteiger partial charge in [0.15, 0.2) is 5.82 Å². The van der Waals surface area contributed by atoms with E-state index in [9.17, 15) is 4.79 Å². The van der Waals surface area contributed by atoms with Gasteiger partial charge in [-0.15, -0.1) is 0 Å². The fourth-order valence-electron chi connectivity index (χ4n) is 2.84. The number of aromatic nitrogens is 3. The molecule has 2 aromatic rings. The minimum Gasteiger partial charge on any atom is -0.342 e. The van der Waals surface area contributed by atoms with Gasteiger partial charge in [-0.05, 0) is 37.8 Å². The molecule has 0 aromatic carbocycles. The molecular formula is C16H20N4O2. The van der Waals surface area contributed by atoms with E-state index < -0.39 is 0 Å². The lowest BCUT2D eigenvalue weighted by Gasteiger charge is -2.31. The lowest BCUT2D eigenvalue weighted by Crippen LogP contribution is -2.39. The van der Waals surface area contributed by atoms with Crippen LogP contribution in [0.2, 0.25) is 0 Å². The number of pyridine rings is 1. The predicted molar refractivity (Wildman–Crippen MR) is 80.1 cm³/mol. The molecule has 3 heterocycles. The second kappa shape index (κ2) is 6.68. The standard InChI is InChI=1S/C16H20N4O2/c1-12-18-16(22-19-12)14-5-3-9-20(11-14)15(21)7-6-13-4-2-8-17-10-13/h2,4,8,10,14H,3,5-7,9,11H2,1H3/t14-/m0/s1. The number of aryl methyl sites for hydroxylation is 2. The Morgan fingerprint density at radius 2 is 2.41 bits per heavy atom. The summed E-state index contributed by atoms with van der Waals surface area (Å²) in [6, 6.07) is 3.90. The average Bonchev–Trinajstić information content (AvgIpc) is 3.00. The normalized spacial score (nSPS) is 18.4. The van der Waals surface area contributed by atoms with Gasteiger partial charge < -0.3 is 9.42 Å². The zero-order chi connectivity index (χ0) is 15.4. The van der Waals surface area contributed by atoms with Crippen molar-refractivity contribution < 1.29 is 9.32 Å². The molecule has 0 bridgehead atoms. The van der Waals surface area contributed by atoms with Crippen LogP contribution in [0.5, 0.6) is 0 Å². The molecule has 0 radical (unpaired) electrons. The van der Waals surface area contributed by atoms with Gasteiger partial charge >= 0.3 is 0 Å². The minimum absolute atomic E-state index is 0.164. The van der Waals surface area contributed by atoms with Crippen LogP contribution >= 0.6 is 0 Å². The topological polar surface area (TPSA) is 72.1 Å². The Labute approximate surface area is 129 Å². The van der Waals surface area contributed by atoms with Gasteiger partial charge in [-0.2, -0.15) is 4.98 Å². The predicted octanol–water partition coefficient (Wildman–Crippen LogP) is 2.11. The number of piperidine rings is 1. The van der Waals surface area contributed by atoms with E-state index in [0.29, 0.717) is 24.7 Å². The molecule has 2 aromatic heterocycles. The summed E-state index contributed by atoms with van der Waals surface area (Å²) >= 11 is 0. The maximum Gasteiger partial charge on any atom is 0.231 e. The third kappa shape index (κ3) is 3.50. The van der Waals surface area contributed by atoms with Gasteiger partial charge in [0.2, 0.25) is 11.8 Å². The average molecular weight is 300 g/mol. The molecule has 0 aliphatic carbocycles. The largest absolute Gasteiger partial charge is 0.342 e. The Bertz CT molecular complexity index is 626. The van der Waals surface area contributed by atoms with Crippen molar-refractivity contribution in [3.8, 4) is 0 Å². The molecule has 0 spiro atoms. The molecule has 22 heavy (non-hydrogen) atoms. The summed E-state index contributed by atoms with van der Waals surface area (Å²) in [4.78, 5) is 22.7. The lowest BCUT2D eigenvalue weighted by molar-refractivity contribution is -0.132. The van der Waals surface area contributed by atoms with E-state index in [2.05, 4.69) is 15.1 Å². The van der Waals surface area contributed by atoms with Crippen molar-refractivity contribution >= 4 is 5.91 Å².